The monoisotopic (exact) mass is 304 g/mol. The van der Waals surface area contributed by atoms with Gasteiger partial charge in [-0.05, 0) is 37.1 Å². The summed E-state index contributed by atoms with van der Waals surface area (Å²) in [5.74, 6) is 1.11. The first-order chi connectivity index (χ1) is 9.86. The number of nitrogens with one attached hydrogen (secondary N) is 2. The Balaban J connectivity index is 2.22. The Labute approximate surface area is 129 Å². The van der Waals surface area contributed by atoms with E-state index in [1.54, 1.807) is 0 Å². The molecule has 2 N–H and O–H groups in total. The topological polar surface area (TPSA) is 66.9 Å². The quantitative estimate of drug-likeness (QED) is 0.896. The number of carbonyl (C=O) groups excluding carboxylic acids is 1. The van der Waals surface area contributed by atoms with Gasteiger partial charge in [0.15, 0.2) is 0 Å². The minimum atomic E-state index is -0.0624. The van der Waals surface area contributed by atoms with Crippen molar-refractivity contribution in [1.82, 2.24) is 9.36 Å². The van der Waals surface area contributed by atoms with E-state index in [1.807, 2.05) is 26.0 Å². The van der Waals surface area contributed by atoms with Gasteiger partial charge in [0.1, 0.15) is 5.82 Å². The summed E-state index contributed by atoms with van der Waals surface area (Å²) in [6, 6.07) is 3.99. The number of anilines is 3. The Bertz CT molecular complexity index is 640. The SMILES string of the molecule is CC(=O)Nc1c(C)cc(Nc2nc(C(C)C)ns2)cc1C. The summed E-state index contributed by atoms with van der Waals surface area (Å²) in [4.78, 5) is 15.7. The van der Waals surface area contributed by atoms with E-state index in [1.165, 1.54) is 18.5 Å². The number of nitrogens with zero attached hydrogens (tertiary/aromatic N) is 2. The third-order valence-electron chi connectivity index (χ3n) is 3.04. The standard InChI is InChI=1S/C15H20N4OS/c1-8(2)14-18-15(21-19-14)17-12-6-9(3)13(10(4)7-12)16-11(5)20/h6-8H,1-5H3,(H,16,20)(H,17,18,19). The average molecular weight is 304 g/mol. The minimum absolute atomic E-state index is 0.0624. The molecule has 0 aliphatic rings. The second-order valence-electron chi connectivity index (χ2n) is 5.40. The molecular formula is C15H20N4OS. The molecule has 21 heavy (non-hydrogen) atoms. The highest BCUT2D eigenvalue weighted by molar-refractivity contribution is 7.09. The highest BCUT2D eigenvalue weighted by Gasteiger charge is 2.10. The molecule has 0 atom stereocenters. The lowest BCUT2D eigenvalue weighted by Gasteiger charge is -2.13. The van der Waals surface area contributed by atoms with E-state index in [9.17, 15) is 4.79 Å². The molecule has 112 valence electrons. The van der Waals surface area contributed by atoms with Gasteiger partial charge in [0, 0.05) is 35.7 Å². The zero-order valence-electron chi connectivity index (χ0n) is 12.9. The van der Waals surface area contributed by atoms with Crippen molar-refractivity contribution in [3.63, 3.8) is 0 Å². The number of rotatable bonds is 4. The summed E-state index contributed by atoms with van der Waals surface area (Å²) >= 11 is 1.36. The molecule has 0 aliphatic heterocycles. The average Bonchev–Trinajstić information content (AvgIpc) is 2.82. The Morgan fingerprint density at radius 3 is 2.33 bits per heavy atom. The van der Waals surface area contributed by atoms with Gasteiger partial charge in [-0.1, -0.05) is 13.8 Å². The predicted octanol–water partition coefficient (Wildman–Crippen LogP) is 3.98. The van der Waals surface area contributed by atoms with Crippen LogP contribution in [-0.2, 0) is 4.79 Å². The number of aromatic nitrogens is 2. The molecule has 0 bridgehead atoms. The smallest absolute Gasteiger partial charge is 0.221 e. The van der Waals surface area contributed by atoms with E-state index in [2.05, 4.69) is 33.8 Å². The number of carbonyl (C=O) groups is 1. The molecule has 1 heterocycles. The molecule has 0 spiro atoms. The van der Waals surface area contributed by atoms with Crippen LogP contribution < -0.4 is 10.6 Å². The van der Waals surface area contributed by atoms with E-state index in [0.717, 1.165) is 33.5 Å². The lowest BCUT2D eigenvalue weighted by molar-refractivity contribution is -0.114. The summed E-state index contributed by atoms with van der Waals surface area (Å²) in [6.07, 6.45) is 0. The van der Waals surface area contributed by atoms with Crippen LogP contribution in [0.3, 0.4) is 0 Å². The molecule has 1 aromatic heterocycles. The van der Waals surface area contributed by atoms with Crippen LogP contribution in [0.2, 0.25) is 0 Å². The van der Waals surface area contributed by atoms with Crippen LogP contribution >= 0.6 is 11.5 Å². The molecule has 1 amide bonds. The van der Waals surface area contributed by atoms with Gasteiger partial charge in [-0.15, -0.1) is 0 Å². The molecule has 0 unspecified atom stereocenters. The summed E-state index contributed by atoms with van der Waals surface area (Å²) in [5, 5.41) is 6.92. The number of benzene rings is 1. The first-order valence-corrected chi connectivity index (χ1v) is 7.63. The second-order valence-corrected chi connectivity index (χ2v) is 6.16. The fourth-order valence-corrected chi connectivity index (χ4v) is 2.78. The predicted molar refractivity (Wildman–Crippen MR) is 87.5 cm³/mol. The van der Waals surface area contributed by atoms with Gasteiger partial charge < -0.3 is 10.6 Å². The molecule has 0 aliphatic carbocycles. The second kappa shape index (κ2) is 6.22. The van der Waals surface area contributed by atoms with E-state index in [0.29, 0.717) is 5.92 Å². The molecule has 2 aromatic rings. The molecule has 1 aromatic carbocycles. The largest absolute Gasteiger partial charge is 0.330 e. The van der Waals surface area contributed by atoms with Gasteiger partial charge in [0.05, 0.1) is 0 Å². The lowest BCUT2D eigenvalue weighted by atomic mass is 10.1. The van der Waals surface area contributed by atoms with E-state index in [4.69, 9.17) is 0 Å². The van der Waals surface area contributed by atoms with Crippen LogP contribution in [0, 0.1) is 13.8 Å². The van der Waals surface area contributed by atoms with Gasteiger partial charge in [0.25, 0.3) is 0 Å². The first-order valence-electron chi connectivity index (χ1n) is 6.86. The van der Waals surface area contributed by atoms with Crippen molar-refractivity contribution in [3.05, 3.63) is 29.1 Å². The maximum atomic E-state index is 11.2. The third-order valence-corrected chi connectivity index (χ3v) is 3.69. The van der Waals surface area contributed by atoms with Crippen molar-refractivity contribution in [2.45, 2.75) is 40.5 Å². The Kier molecular flexibility index (Phi) is 4.57. The summed E-state index contributed by atoms with van der Waals surface area (Å²) in [6.45, 7) is 9.61. The number of amides is 1. The third kappa shape index (κ3) is 3.78. The van der Waals surface area contributed by atoms with Crippen LogP contribution in [0.4, 0.5) is 16.5 Å². The highest BCUT2D eigenvalue weighted by atomic mass is 32.1. The van der Waals surface area contributed by atoms with Crippen molar-refractivity contribution < 1.29 is 4.79 Å². The number of hydrogen-bond donors (Lipinski definition) is 2. The van der Waals surface area contributed by atoms with Gasteiger partial charge in [-0.3, -0.25) is 4.79 Å². The van der Waals surface area contributed by atoms with E-state index < -0.39 is 0 Å². The molecule has 6 heteroatoms. The molecule has 2 rings (SSSR count). The van der Waals surface area contributed by atoms with Crippen LogP contribution in [0.25, 0.3) is 0 Å². The molecular weight excluding hydrogens is 284 g/mol. The normalized spacial score (nSPS) is 10.8. The Morgan fingerprint density at radius 2 is 1.86 bits per heavy atom. The molecule has 0 fully saturated rings. The summed E-state index contributed by atoms with van der Waals surface area (Å²) in [7, 11) is 0. The van der Waals surface area contributed by atoms with Crippen molar-refractivity contribution in [1.29, 1.82) is 0 Å². The maximum absolute atomic E-state index is 11.2. The summed E-state index contributed by atoms with van der Waals surface area (Å²) < 4.78 is 4.32. The van der Waals surface area contributed by atoms with Gasteiger partial charge >= 0.3 is 0 Å². The van der Waals surface area contributed by atoms with Crippen LogP contribution in [-0.4, -0.2) is 15.3 Å². The minimum Gasteiger partial charge on any atom is -0.330 e. The van der Waals surface area contributed by atoms with Gasteiger partial charge in [-0.2, -0.15) is 4.37 Å². The zero-order chi connectivity index (χ0) is 15.6. The maximum Gasteiger partial charge on any atom is 0.221 e. The van der Waals surface area contributed by atoms with Crippen LogP contribution in [0.15, 0.2) is 12.1 Å². The molecule has 5 nitrogen and oxygen atoms in total. The zero-order valence-corrected chi connectivity index (χ0v) is 13.8. The van der Waals surface area contributed by atoms with Crippen LogP contribution in [0.5, 0.6) is 0 Å². The molecule has 0 radical (unpaired) electrons. The lowest BCUT2D eigenvalue weighted by Crippen LogP contribution is -2.09. The molecule has 0 saturated carbocycles. The fraction of sp³-hybridized carbons (Fsp3) is 0.400. The van der Waals surface area contributed by atoms with Crippen molar-refractivity contribution in [2.24, 2.45) is 0 Å². The summed E-state index contributed by atoms with van der Waals surface area (Å²) in [5.41, 5.74) is 3.85. The van der Waals surface area contributed by atoms with E-state index >= 15 is 0 Å². The Morgan fingerprint density at radius 1 is 1.24 bits per heavy atom. The van der Waals surface area contributed by atoms with Crippen LogP contribution in [0.1, 0.15) is 43.6 Å². The van der Waals surface area contributed by atoms with Gasteiger partial charge in [-0.25, -0.2) is 4.98 Å². The Hall–Kier alpha value is -1.95. The van der Waals surface area contributed by atoms with Crippen molar-refractivity contribution >= 4 is 33.9 Å². The number of aryl methyl sites for hydroxylation is 2. The van der Waals surface area contributed by atoms with Crippen molar-refractivity contribution in [3.8, 4) is 0 Å². The fourth-order valence-electron chi connectivity index (χ4n) is 2.05. The molecule has 0 saturated heterocycles. The van der Waals surface area contributed by atoms with E-state index in [-0.39, 0.29) is 5.91 Å². The van der Waals surface area contributed by atoms with Gasteiger partial charge in [0.2, 0.25) is 11.0 Å². The van der Waals surface area contributed by atoms with Crippen molar-refractivity contribution in [2.75, 3.05) is 10.6 Å². The first kappa shape index (κ1) is 15.4. The number of hydrogen-bond acceptors (Lipinski definition) is 5. The highest BCUT2D eigenvalue weighted by Crippen LogP contribution is 2.28.